The quantitative estimate of drug-likeness (QED) is 0.450. The van der Waals surface area contributed by atoms with Gasteiger partial charge in [-0.05, 0) is 27.5 Å². The Kier molecular flexibility index (Phi) is 5.07. The average Bonchev–Trinajstić information content (AvgIpc) is 2.03. The number of rotatable bonds is 4. The van der Waals surface area contributed by atoms with Crippen LogP contribution in [0.2, 0.25) is 0 Å². The zero-order chi connectivity index (χ0) is 8.69. The van der Waals surface area contributed by atoms with Crippen molar-refractivity contribution in [1.29, 1.82) is 0 Å². The van der Waals surface area contributed by atoms with Crippen molar-refractivity contribution in [3.05, 3.63) is 11.6 Å². The molecule has 0 spiro atoms. The first-order valence-corrected chi connectivity index (χ1v) is 3.55. The van der Waals surface area contributed by atoms with E-state index in [0.29, 0.717) is 18.2 Å². The topological polar surface area (TPSA) is 34.0 Å². The Morgan fingerprint density at radius 3 is 2.64 bits per heavy atom. The summed E-state index contributed by atoms with van der Waals surface area (Å²) in [4.78, 5) is 7.70. The maximum Gasteiger partial charge on any atom is 0.234 e. The van der Waals surface area contributed by atoms with Gasteiger partial charge in [-0.3, -0.25) is 4.99 Å². The molecule has 0 aliphatic heterocycles. The number of hydrogen-bond acceptors (Lipinski definition) is 3. The molecule has 0 aliphatic rings. The predicted molar refractivity (Wildman–Crippen MR) is 48.0 cm³/mol. The maximum atomic E-state index is 5.18. The largest absolute Gasteiger partial charge is 0.477 e. The van der Waals surface area contributed by atoms with Gasteiger partial charge in [0.2, 0.25) is 5.88 Å². The summed E-state index contributed by atoms with van der Waals surface area (Å²) in [5.41, 5.74) is 0.713. The Balaban J connectivity index is 4.42. The average molecular weight is 154 g/mol. The van der Waals surface area contributed by atoms with Crippen molar-refractivity contribution in [2.75, 3.05) is 6.61 Å². The van der Waals surface area contributed by atoms with Crippen molar-refractivity contribution in [2.24, 2.45) is 9.98 Å². The lowest BCUT2D eigenvalue weighted by molar-refractivity contribution is 0.223. The summed E-state index contributed by atoms with van der Waals surface area (Å²) in [7, 11) is 0. The van der Waals surface area contributed by atoms with Crippen molar-refractivity contribution in [1.82, 2.24) is 0 Å². The third kappa shape index (κ3) is 3.55. The van der Waals surface area contributed by atoms with Gasteiger partial charge in [0.05, 0.1) is 12.3 Å². The minimum Gasteiger partial charge on any atom is -0.477 e. The molecule has 0 unspecified atom stereocenters. The van der Waals surface area contributed by atoms with Crippen molar-refractivity contribution in [3.8, 4) is 0 Å². The number of hydrogen-bond donors (Lipinski definition) is 0. The predicted octanol–water partition coefficient (Wildman–Crippen LogP) is 2.00. The standard InChI is InChI=1S/C8H14N2O/c1-5-10-8(11-6-2)7(3)9-4/h5H,4,6H2,1-3H3/b8-7+,10-5?. The molecule has 0 fully saturated rings. The summed E-state index contributed by atoms with van der Waals surface area (Å²) in [6.45, 7) is 9.52. The molecule has 0 atom stereocenters. The van der Waals surface area contributed by atoms with Gasteiger partial charge in [0, 0.05) is 6.21 Å². The fourth-order valence-electron chi connectivity index (χ4n) is 0.557. The highest BCUT2D eigenvalue weighted by molar-refractivity contribution is 5.55. The summed E-state index contributed by atoms with van der Waals surface area (Å²) in [5.74, 6) is 0.546. The second-order valence-corrected chi connectivity index (χ2v) is 1.87. The van der Waals surface area contributed by atoms with Crippen LogP contribution in [0.5, 0.6) is 0 Å². The van der Waals surface area contributed by atoms with Crippen molar-refractivity contribution in [3.63, 3.8) is 0 Å². The number of ether oxygens (including phenoxy) is 1. The molecule has 0 N–H and O–H groups in total. The van der Waals surface area contributed by atoms with E-state index in [9.17, 15) is 0 Å². The molecule has 0 saturated carbocycles. The summed E-state index contributed by atoms with van der Waals surface area (Å²) < 4.78 is 5.18. The highest BCUT2D eigenvalue weighted by atomic mass is 16.5. The van der Waals surface area contributed by atoms with Crippen LogP contribution in [0.3, 0.4) is 0 Å². The van der Waals surface area contributed by atoms with Gasteiger partial charge in [0.25, 0.3) is 0 Å². The van der Waals surface area contributed by atoms with Gasteiger partial charge in [0.1, 0.15) is 0 Å². The van der Waals surface area contributed by atoms with Gasteiger partial charge in [-0.1, -0.05) is 0 Å². The molecule has 62 valence electrons. The fourth-order valence-corrected chi connectivity index (χ4v) is 0.557. The smallest absolute Gasteiger partial charge is 0.234 e. The van der Waals surface area contributed by atoms with E-state index in [1.54, 1.807) is 6.21 Å². The summed E-state index contributed by atoms with van der Waals surface area (Å²) in [5, 5.41) is 0. The molecule has 11 heavy (non-hydrogen) atoms. The molecule has 0 heterocycles. The number of allylic oxidation sites excluding steroid dienone is 1. The van der Waals surface area contributed by atoms with Gasteiger partial charge in [-0.15, -0.1) is 0 Å². The van der Waals surface area contributed by atoms with E-state index in [4.69, 9.17) is 4.74 Å². The maximum absolute atomic E-state index is 5.18. The van der Waals surface area contributed by atoms with Crippen LogP contribution in [-0.4, -0.2) is 19.5 Å². The third-order valence-corrected chi connectivity index (χ3v) is 1.07. The number of nitrogens with zero attached hydrogens (tertiary/aromatic N) is 2. The van der Waals surface area contributed by atoms with E-state index < -0.39 is 0 Å². The molecule has 0 aromatic rings. The van der Waals surface area contributed by atoms with Crippen LogP contribution >= 0.6 is 0 Å². The third-order valence-electron chi connectivity index (χ3n) is 1.07. The zero-order valence-corrected chi connectivity index (χ0v) is 7.29. The fraction of sp³-hybridized carbons (Fsp3) is 0.500. The van der Waals surface area contributed by atoms with E-state index >= 15 is 0 Å². The molecule has 0 rings (SSSR count). The Bertz CT molecular complexity index is 183. The molecule has 0 aromatic heterocycles. The molecule has 3 heteroatoms. The normalized spacial score (nSPS) is 13.0. The summed E-state index contributed by atoms with van der Waals surface area (Å²) >= 11 is 0. The van der Waals surface area contributed by atoms with Gasteiger partial charge in [0.15, 0.2) is 0 Å². The number of aliphatic imine (C=N–C) groups is 2. The minimum atomic E-state index is 0.546. The van der Waals surface area contributed by atoms with E-state index in [1.807, 2.05) is 20.8 Å². The molecule has 0 aromatic carbocycles. The highest BCUT2D eigenvalue weighted by Crippen LogP contribution is 2.07. The second-order valence-electron chi connectivity index (χ2n) is 1.87. The Morgan fingerprint density at radius 2 is 2.27 bits per heavy atom. The Hall–Kier alpha value is -1.12. The SMILES string of the molecule is C=N/C(C)=C(\N=CC)OCC. The van der Waals surface area contributed by atoms with Crippen LogP contribution in [0.4, 0.5) is 0 Å². The lowest BCUT2D eigenvalue weighted by Gasteiger charge is -2.03. The van der Waals surface area contributed by atoms with Crippen LogP contribution in [0.25, 0.3) is 0 Å². The molecule has 0 saturated heterocycles. The van der Waals surface area contributed by atoms with E-state index in [2.05, 4.69) is 16.7 Å². The van der Waals surface area contributed by atoms with Crippen molar-refractivity contribution >= 4 is 12.9 Å². The highest BCUT2D eigenvalue weighted by Gasteiger charge is 1.96. The summed E-state index contributed by atoms with van der Waals surface area (Å²) in [6.07, 6.45) is 1.67. The lowest BCUT2D eigenvalue weighted by Crippen LogP contribution is -1.91. The molecule has 0 amide bonds. The monoisotopic (exact) mass is 154 g/mol. The second kappa shape index (κ2) is 5.65. The lowest BCUT2D eigenvalue weighted by atomic mass is 10.5. The molecular weight excluding hydrogens is 140 g/mol. The van der Waals surface area contributed by atoms with E-state index in [0.717, 1.165) is 0 Å². The minimum absolute atomic E-state index is 0.546. The van der Waals surface area contributed by atoms with Gasteiger partial charge in [-0.2, -0.15) is 0 Å². The zero-order valence-electron chi connectivity index (χ0n) is 7.29. The molecule has 0 radical (unpaired) electrons. The molecular formula is C8H14N2O. The Labute approximate surface area is 67.5 Å². The Morgan fingerprint density at radius 1 is 1.64 bits per heavy atom. The van der Waals surface area contributed by atoms with Gasteiger partial charge >= 0.3 is 0 Å². The van der Waals surface area contributed by atoms with Crippen LogP contribution in [-0.2, 0) is 4.74 Å². The first-order chi connectivity index (χ1) is 5.26. The summed E-state index contributed by atoms with van der Waals surface area (Å²) in [6, 6.07) is 0. The molecule has 0 bridgehead atoms. The van der Waals surface area contributed by atoms with Crippen molar-refractivity contribution < 1.29 is 4.74 Å². The van der Waals surface area contributed by atoms with Gasteiger partial charge in [-0.25, -0.2) is 4.99 Å². The van der Waals surface area contributed by atoms with E-state index in [1.165, 1.54) is 0 Å². The van der Waals surface area contributed by atoms with Crippen LogP contribution < -0.4 is 0 Å². The molecule has 0 aliphatic carbocycles. The van der Waals surface area contributed by atoms with E-state index in [-0.39, 0.29) is 0 Å². The van der Waals surface area contributed by atoms with Crippen molar-refractivity contribution in [2.45, 2.75) is 20.8 Å². The first kappa shape index (κ1) is 9.88. The van der Waals surface area contributed by atoms with Gasteiger partial charge < -0.3 is 4.74 Å². The first-order valence-electron chi connectivity index (χ1n) is 3.55. The molecule has 3 nitrogen and oxygen atoms in total. The van der Waals surface area contributed by atoms with Crippen LogP contribution in [0, 0.1) is 0 Å². The van der Waals surface area contributed by atoms with Crippen LogP contribution in [0.15, 0.2) is 21.6 Å². The van der Waals surface area contributed by atoms with Crippen LogP contribution in [0.1, 0.15) is 20.8 Å².